The second kappa shape index (κ2) is 14.9. The Morgan fingerprint density at radius 1 is 0.607 bits per heavy atom. The van der Waals surface area contributed by atoms with Gasteiger partial charge in [-0.05, 0) is 92.6 Å². The number of ketones is 2. The number of hydrogen-bond acceptors (Lipinski definition) is 7. The van der Waals surface area contributed by atoms with Gasteiger partial charge in [0.1, 0.15) is 5.69 Å². The second-order valence-electron chi connectivity index (χ2n) is 19.1. The van der Waals surface area contributed by atoms with E-state index in [9.17, 15) is 19.7 Å². The number of nitrogens with one attached hydrogen (secondary N) is 2. The van der Waals surface area contributed by atoms with Gasteiger partial charge in [0.15, 0.2) is 11.6 Å². The Bertz CT molecular complexity index is 2900. The Labute approximate surface area is 357 Å². The number of allylic oxidation sites excluding steroid dienone is 2. The minimum absolute atomic E-state index is 0.0153. The largest absolute Gasteiger partial charge is 0.373 e. The van der Waals surface area contributed by atoms with E-state index in [4.69, 9.17) is 0 Å². The third kappa shape index (κ3) is 7.18. The first-order chi connectivity index (χ1) is 29.1. The summed E-state index contributed by atoms with van der Waals surface area (Å²) in [7, 11) is 3.57. The summed E-state index contributed by atoms with van der Waals surface area (Å²) in [5, 5.41) is 23.8. The Morgan fingerprint density at radius 2 is 1.10 bits per heavy atom. The molecule has 2 heterocycles. The number of anilines is 3. The van der Waals surface area contributed by atoms with Crippen molar-refractivity contribution in [2.24, 2.45) is 10.8 Å². The molecule has 4 aliphatic rings. The van der Waals surface area contributed by atoms with Gasteiger partial charge in [-0.3, -0.25) is 19.7 Å². The molecule has 0 bridgehead atoms. The van der Waals surface area contributed by atoms with Crippen LogP contribution in [0.4, 0.5) is 22.7 Å². The predicted molar refractivity (Wildman–Crippen MR) is 249 cm³/mol. The van der Waals surface area contributed by atoms with Gasteiger partial charge in [-0.2, -0.15) is 0 Å². The van der Waals surface area contributed by atoms with Crippen LogP contribution in [-0.2, 0) is 9.59 Å². The van der Waals surface area contributed by atoms with E-state index in [2.05, 4.69) is 130 Å². The van der Waals surface area contributed by atoms with Crippen LogP contribution in [0, 0.1) is 27.9 Å². The summed E-state index contributed by atoms with van der Waals surface area (Å²) >= 11 is 0. The van der Waals surface area contributed by atoms with Crippen molar-refractivity contribution in [1.82, 2.24) is 0 Å². The number of aryl methyl sites for hydroxylation is 1. The van der Waals surface area contributed by atoms with E-state index in [-0.39, 0.29) is 39.0 Å². The Balaban J connectivity index is 0.000000158. The molecule has 61 heavy (non-hydrogen) atoms. The van der Waals surface area contributed by atoms with Crippen LogP contribution in [-0.4, -0.2) is 30.6 Å². The predicted octanol–water partition coefficient (Wildman–Crippen LogP) is 12.6. The van der Waals surface area contributed by atoms with Gasteiger partial charge in [0.05, 0.1) is 17.0 Å². The zero-order chi connectivity index (χ0) is 43.0. The maximum atomic E-state index is 13.5. The monoisotopic (exact) mass is 808 g/mol. The molecule has 8 nitrogen and oxygen atoms in total. The van der Waals surface area contributed by atoms with Crippen LogP contribution in [0.3, 0.4) is 0 Å². The van der Waals surface area contributed by atoms with Crippen molar-refractivity contribution in [3.05, 3.63) is 164 Å². The number of rotatable bonds is 4. The average Bonchev–Trinajstić information content (AvgIpc) is 3.21. The molecule has 2 N–H and O–H groups in total. The highest BCUT2D eigenvalue weighted by Gasteiger charge is 2.42. The van der Waals surface area contributed by atoms with Crippen molar-refractivity contribution in [3.8, 4) is 0 Å². The molecule has 10 rings (SSSR count). The lowest BCUT2D eigenvalue weighted by Gasteiger charge is -2.40. The van der Waals surface area contributed by atoms with Crippen molar-refractivity contribution in [1.29, 1.82) is 0 Å². The molecule has 2 aliphatic carbocycles. The molecule has 2 unspecified atom stereocenters. The third-order valence-corrected chi connectivity index (χ3v) is 12.9. The van der Waals surface area contributed by atoms with Crippen molar-refractivity contribution < 1.29 is 14.5 Å². The van der Waals surface area contributed by atoms with E-state index >= 15 is 0 Å². The Kier molecular flexibility index (Phi) is 9.73. The maximum Gasteiger partial charge on any atom is 0.292 e. The molecule has 6 aromatic carbocycles. The Morgan fingerprint density at radius 3 is 1.57 bits per heavy atom. The molecule has 0 fully saturated rings. The highest BCUT2D eigenvalue weighted by atomic mass is 16.6. The van der Waals surface area contributed by atoms with Gasteiger partial charge in [0.2, 0.25) is 0 Å². The van der Waals surface area contributed by atoms with Crippen molar-refractivity contribution in [2.45, 2.75) is 72.4 Å². The standard InChI is InChI=1S/C27H27N3O3.C26H25NO/c1-27(2)14-19-24-18-8-6-5-7-16(18)9-11-20(24)28-26(25(19)23(31)15-27)17-10-12-21(29(3)4)22(13-17)30(32)33;1-16-7-6-9-18(13-16)25-24-20(14-26(2,3)15-22(24)28)23-19-10-5-4-8-17(19)11-12-21(23)27-25/h5-13,26,28H,14-15H2,1-4H3;4-13,25,27H,14-15H2,1-3H3. The summed E-state index contributed by atoms with van der Waals surface area (Å²) < 4.78 is 0. The number of fused-ring (bicyclic) bond motifs is 8. The molecule has 2 atom stereocenters. The van der Waals surface area contributed by atoms with Crippen LogP contribution in [0.15, 0.2) is 126 Å². The Hall–Kier alpha value is -6.54. The van der Waals surface area contributed by atoms with Crippen LogP contribution in [0.25, 0.3) is 32.7 Å². The molecule has 0 saturated carbocycles. The fraction of sp³-hybridized carbons (Fsp3) is 0.283. The normalized spacial score (nSPS) is 19.7. The fourth-order valence-corrected chi connectivity index (χ4v) is 10.3. The van der Waals surface area contributed by atoms with Gasteiger partial charge in [-0.15, -0.1) is 0 Å². The lowest BCUT2D eigenvalue weighted by molar-refractivity contribution is -0.384. The number of carbonyl (C=O) groups is 2. The van der Waals surface area contributed by atoms with Gasteiger partial charge in [-0.1, -0.05) is 124 Å². The van der Waals surface area contributed by atoms with E-state index in [0.717, 1.165) is 62.8 Å². The molecule has 0 spiro atoms. The molecule has 0 radical (unpaired) electrons. The van der Waals surface area contributed by atoms with Gasteiger partial charge in [-0.25, -0.2) is 0 Å². The SMILES string of the molecule is CN(C)c1ccc(C2Nc3ccc4ccccc4c3C3=C2C(=O)CC(C)(C)C3)cc1[N+](=O)[O-].Cc1cccc(C2Nc3ccc4ccccc4c3C3=C2C(=O)CC(C)(C)C3)c1. The number of carbonyl (C=O) groups excluding carboxylic acids is 2. The first kappa shape index (κ1) is 39.9. The molecule has 2 aliphatic heterocycles. The van der Waals surface area contributed by atoms with Gasteiger partial charge >= 0.3 is 0 Å². The fourth-order valence-electron chi connectivity index (χ4n) is 10.3. The van der Waals surface area contributed by atoms with Crippen LogP contribution in [0.5, 0.6) is 0 Å². The number of nitrogens with zero attached hydrogens (tertiary/aromatic N) is 2. The van der Waals surface area contributed by atoms with Crippen LogP contribution < -0.4 is 15.5 Å². The zero-order valence-electron chi connectivity index (χ0n) is 36.0. The first-order valence-electron chi connectivity index (χ1n) is 21.2. The molecular formula is C53H52N4O4. The number of hydrogen-bond donors (Lipinski definition) is 2. The summed E-state index contributed by atoms with van der Waals surface area (Å²) in [6, 6.07) is 38.5. The van der Waals surface area contributed by atoms with E-state index in [1.165, 1.54) is 33.0 Å². The number of nitro groups is 1. The van der Waals surface area contributed by atoms with Crippen LogP contribution in [0.2, 0.25) is 0 Å². The van der Waals surface area contributed by atoms with Crippen LogP contribution in [0.1, 0.15) is 93.3 Å². The second-order valence-corrected chi connectivity index (χ2v) is 19.1. The molecule has 308 valence electrons. The average molecular weight is 809 g/mol. The minimum atomic E-state index is -0.424. The van der Waals surface area contributed by atoms with Gasteiger partial charge < -0.3 is 15.5 Å². The smallest absolute Gasteiger partial charge is 0.292 e. The minimum Gasteiger partial charge on any atom is -0.373 e. The molecule has 0 amide bonds. The summed E-state index contributed by atoms with van der Waals surface area (Å²) in [4.78, 5) is 40.1. The van der Waals surface area contributed by atoms with E-state index in [0.29, 0.717) is 18.5 Å². The number of Topliss-reactive ketones (excluding diaryl/α,β-unsaturated/α-hetero) is 2. The topological polar surface area (TPSA) is 105 Å². The van der Waals surface area contributed by atoms with E-state index < -0.39 is 6.04 Å². The molecule has 8 heteroatoms. The van der Waals surface area contributed by atoms with Crippen molar-refractivity contribution >= 4 is 67.0 Å². The number of nitro benzene ring substituents is 1. The summed E-state index contributed by atoms with van der Waals surface area (Å²) in [6.07, 6.45) is 2.78. The van der Waals surface area contributed by atoms with E-state index in [1.54, 1.807) is 31.1 Å². The first-order valence-corrected chi connectivity index (χ1v) is 21.2. The highest BCUT2D eigenvalue weighted by molar-refractivity contribution is 6.14. The van der Waals surface area contributed by atoms with Crippen molar-refractivity contribution in [2.75, 3.05) is 29.6 Å². The third-order valence-electron chi connectivity index (χ3n) is 12.9. The lowest BCUT2D eigenvalue weighted by Crippen LogP contribution is -2.33. The molecule has 0 saturated heterocycles. The summed E-state index contributed by atoms with van der Waals surface area (Å²) in [5.74, 6) is 0.389. The maximum absolute atomic E-state index is 13.5. The highest BCUT2D eigenvalue weighted by Crippen LogP contribution is 2.54. The molecular weight excluding hydrogens is 757 g/mol. The summed E-state index contributed by atoms with van der Waals surface area (Å²) in [6.45, 7) is 10.8. The molecule has 6 aromatic rings. The lowest BCUT2D eigenvalue weighted by atomic mass is 9.68. The van der Waals surface area contributed by atoms with E-state index in [1.807, 2.05) is 18.2 Å². The zero-order valence-corrected chi connectivity index (χ0v) is 36.0. The molecule has 0 aromatic heterocycles. The summed E-state index contributed by atoms with van der Waals surface area (Å²) in [5.41, 5.74) is 11.9. The van der Waals surface area contributed by atoms with Gasteiger partial charge in [0.25, 0.3) is 5.69 Å². The van der Waals surface area contributed by atoms with Gasteiger partial charge in [0, 0.05) is 66.7 Å². The quantitative estimate of drug-likeness (QED) is 0.135. The van der Waals surface area contributed by atoms with Crippen LogP contribution >= 0.6 is 0 Å². The van der Waals surface area contributed by atoms with Crippen molar-refractivity contribution in [3.63, 3.8) is 0 Å². The number of benzene rings is 6.